The zero-order valence-electron chi connectivity index (χ0n) is 8.71. The predicted molar refractivity (Wildman–Crippen MR) is 49.9 cm³/mol. The van der Waals surface area contributed by atoms with Crippen molar-refractivity contribution in [3.63, 3.8) is 0 Å². The van der Waals surface area contributed by atoms with Crippen LogP contribution < -0.4 is 0 Å². The van der Waals surface area contributed by atoms with Crippen LogP contribution in [-0.4, -0.2) is 18.1 Å². The fourth-order valence-corrected chi connectivity index (χ4v) is 1.14. The molecule has 7 heteroatoms. The van der Waals surface area contributed by atoms with Crippen LogP contribution in [0.5, 0.6) is 0 Å². The van der Waals surface area contributed by atoms with Gasteiger partial charge in [-0.15, -0.1) is 0 Å². The van der Waals surface area contributed by atoms with Crippen LogP contribution in [0.3, 0.4) is 0 Å². The summed E-state index contributed by atoms with van der Waals surface area (Å²) in [5.41, 5.74) is -1.62. The third kappa shape index (κ3) is 3.17. The summed E-state index contributed by atoms with van der Waals surface area (Å²) >= 11 is 0. The van der Waals surface area contributed by atoms with E-state index in [0.29, 0.717) is 6.07 Å². The van der Waals surface area contributed by atoms with Crippen molar-refractivity contribution in [2.45, 2.75) is 12.6 Å². The van der Waals surface area contributed by atoms with Gasteiger partial charge in [-0.1, -0.05) is 0 Å². The molecule has 90 valence electrons. The Kier molecular flexibility index (Phi) is 3.68. The van der Waals surface area contributed by atoms with E-state index in [1.165, 1.54) is 0 Å². The lowest BCUT2D eigenvalue weighted by Gasteiger charge is -2.08. The minimum Gasteiger partial charge on any atom is -0.465 e. The van der Waals surface area contributed by atoms with Crippen LogP contribution in [0, 0.1) is 11.3 Å². The molecule has 0 aliphatic rings. The SMILES string of the molecule is COC(=O)c1cc(CC#N)nc(C(F)(F)F)c1. The van der Waals surface area contributed by atoms with E-state index in [2.05, 4.69) is 9.72 Å². The molecule has 0 spiro atoms. The Bertz CT molecular complexity index is 477. The van der Waals surface area contributed by atoms with Crippen molar-refractivity contribution < 1.29 is 22.7 Å². The quantitative estimate of drug-likeness (QED) is 0.746. The Balaban J connectivity index is 3.29. The molecule has 0 saturated heterocycles. The first-order valence-electron chi connectivity index (χ1n) is 4.42. The van der Waals surface area contributed by atoms with Crippen molar-refractivity contribution in [1.29, 1.82) is 5.26 Å². The monoisotopic (exact) mass is 244 g/mol. The van der Waals surface area contributed by atoms with E-state index in [9.17, 15) is 18.0 Å². The standard InChI is InChI=1S/C10H7F3N2O2/c1-17-9(16)6-4-7(2-3-14)15-8(5-6)10(11,12)13/h4-5H,2H2,1H3. The maximum Gasteiger partial charge on any atom is 0.433 e. The number of hydrogen-bond acceptors (Lipinski definition) is 4. The maximum absolute atomic E-state index is 12.5. The van der Waals surface area contributed by atoms with E-state index >= 15 is 0 Å². The lowest BCUT2D eigenvalue weighted by Crippen LogP contribution is -2.13. The number of ether oxygens (including phenoxy) is 1. The largest absolute Gasteiger partial charge is 0.465 e. The first-order valence-corrected chi connectivity index (χ1v) is 4.42. The second-order valence-electron chi connectivity index (χ2n) is 3.06. The highest BCUT2D eigenvalue weighted by atomic mass is 19.4. The molecule has 0 N–H and O–H groups in total. The smallest absolute Gasteiger partial charge is 0.433 e. The third-order valence-electron chi connectivity index (χ3n) is 1.85. The van der Waals surface area contributed by atoms with E-state index in [4.69, 9.17) is 5.26 Å². The van der Waals surface area contributed by atoms with Gasteiger partial charge in [0.25, 0.3) is 0 Å². The van der Waals surface area contributed by atoms with Crippen molar-refractivity contribution in [1.82, 2.24) is 4.98 Å². The Morgan fingerprint density at radius 3 is 2.65 bits per heavy atom. The van der Waals surface area contributed by atoms with Gasteiger partial charge in [0.15, 0.2) is 0 Å². The fourth-order valence-electron chi connectivity index (χ4n) is 1.14. The molecule has 0 bridgehead atoms. The molecule has 0 saturated carbocycles. The molecule has 1 aromatic rings. The van der Waals surface area contributed by atoms with E-state index in [0.717, 1.165) is 13.2 Å². The van der Waals surface area contributed by atoms with Gasteiger partial charge in [0.2, 0.25) is 0 Å². The first kappa shape index (κ1) is 13.0. The molecule has 0 radical (unpaired) electrons. The number of carbonyl (C=O) groups is 1. The number of nitrogens with zero attached hydrogens (tertiary/aromatic N) is 2. The zero-order chi connectivity index (χ0) is 13.1. The van der Waals surface area contributed by atoms with Crippen LogP contribution in [0.1, 0.15) is 21.7 Å². The van der Waals surface area contributed by atoms with Crippen molar-refractivity contribution in [2.75, 3.05) is 7.11 Å². The van der Waals surface area contributed by atoms with Gasteiger partial charge in [0.05, 0.1) is 30.9 Å². The molecule has 4 nitrogen and oxygen atoms in total. The van der Waals surface area contributed by atoms with E-state index in [1.54, 1.807) is 6.07 Å². The number of rotatable bonds is 2. The first-order chi connectivity index (χ1) is 7.88. The summed E-state index contributed by atoms with van der Waals surface area (Å²) in [7, 11) is 1.06. The van der Waals surface area contributed by atoms with Crippen LogP contribution in [0.15, 0.2) is 12.1 Å². The Labute approximate surface area is 94.6 Å². The summed E-state index contributed by atoms with van der Waals surface area (Å²) in [5, 5.41) is 8.41. The number of hydrogen-bond donors (Lipinski definition) is 0. The molecule has 0 unspecified atom stereocenters. The minimum atomic E-state index is -4.67. The van der Waals surface area contributed by atoms with Crippen LogP contribution >= 0.6 is 0 Å². The highest BCUT2D eigenvalue weighted by Crippen LogP contribution is 2.28. The number of carbonyl (C=O) groups excluding carboxylic acids is 1. The second-order valence-corrected chi connectivity index (χ2v) is 3.06. The molecule has 0 fully saturated rings. The number of pyridine rings is 1. The zero-order valence-corrected chi connectivity index (χ0v) is 8.71. The predicted octanol–water partition coefficient (Wildman–Crippen LogP) is 1.95. The molecule has 0 amide bonds. The lowest BCUT2D eigenvalue weighted by atomic mass is 10.1. The number of esters is 1. The number of aromatic nitrogens is 1. The summed E-state index contributed by atoms with van der Waals surface area (Å²) in [6.07, 6.45) is -4.98. The number of methoxy groups -OCH3 is 1. The highest BCUT2D eigenvalue weighted by molar-refractivity contribution is 5.89. The molecule has 1 heterocycles. The average molecular weight is 244 g/mol. The molecule has 0 aliphatic heterocycles. The summed E-state index contributed by atoms with van der Waals surface area (Å²) in [4.78, 5) is 14.4. The highest BCUT2D eigenvalue weighted by Gasteiger charge is 2.33. The van der Waals surface area contributed by atoms with Crippen LogP contribution in [0.2, 0.25) is 0 Å². The molecule has 0 aliphatic carbocycles. The lowest BCUT2D eigenvalue weighted by molar-refractivity contribution is -0.141. The van der Waals surface area contributed by atoms with Crippen molar-refractivity contribution >= 4 is 5.97 Å². The summed E-state index contributed by atoms with van der Waals surface area (Å²) in [5.74, 6) is -0.905. The third-order valence-corrected chi connectivity index (χ3v) is 1.85. The molecule has 17 heavy (non-hydrogen) atoms. The van der Waals surface area contributed by atoms with Crippen LogP contribution in [-0.2, 0) is 17.3 Å². The molecule has 1 rings (SSSR count). The Hall–Kier alpha value is -2.10. The molecule has 0 atom stereocenters. The van der Waals surface area contributed by atoms with Gasteiger partial charge in [-0.3, -0.25) is 0 Å². The van der Waals surface area contributed by atoms with Crippen molar-refractivity contribution in [3.05, 3.63) is 29.1 Å². The minimum absolute atomic E-state index is 0.122. The summed E-state index contributed by atoms with van der Waals surface area (Å²) < 4.78 is 41.7. The van der Waals surface area contributed by atoms with Gasteiger partial charge >= 0.3 is 12.1 Å². The molecular weight excluding hydrogens is 237 g/mol. The van der Waals surface area contributed by atoms with Crippen LogP contribution in [0.25, 0.3) is 0 Å². The van der Waals surface area contributed by atoms with E-state index < -0.39 is 17.8 Å². The number of nitriles is 1. The fraction of sp³-hybridized carbons (Fsp3) is 0.300. The van der Waals surface area contributed by atoms with Crippen molar-refractivity contribution in [3.8, 4) is 6.07 Å². The summed E-state index contributed by atoms with van der Waals surface area (Å²) in [6.45, 7) is 0. The molecular formula is C10H7F3N2O2. The number of halogens is 3. The normalized spacial score (nSPS) is 10.8. The second kappa shape index (κ2) is 4.82. The van der Waals surface area contributed by atoms with E-state index in [-0.39, 0.29) is 17.7 Å². The van der Waals surface area contributed by atoms with Gasteiger partial charge in [-0.2, -0.15) is 18.4 Å². The summed E-state index contributed by atoms with van der Waals surface area (Å²) in [6, 6.07) is 3.36. The van der Waals surface area contributed by atoms with Gasteiger partial charge in [-0.05, 0) is 12.1 Å². The van der Waals surface area contributed by atoms with Crippen molar-refractivity contribution in [2.24, 2.45) is 0 Å². The average Bonchev–Trinajstić information content (AvgIpc) is 2.27. The van der Waals surface area contributed by atoms with Gasteiger partial charge in [0.1, 0.15) is 5.69 Å². The van der Waals surface area contributed by atoms with Gasteiger partial charge in [0, 0.05) is 0 Å². The van der Waals surface area contributed by atoms with Crippen LogP contribution in [0.4, 0.5) is 13.2 Å². The van der Waals surface area contributed by atoms with Gasteiger partial charge in [-0.25, -0.2) is 9.78 Å². The van der Waals surface area contributed by atoms with E-state index in [1.807, 2.05) is 0 Å². The number of alkyl halides is 3. The molecule has 1 aromatic heterocycles. The Morgan fingerprint density at radius 1 is 1.53 bits per heavy atom. The Morgan fingerprint density at radius 2 is 2.18 bits per heavy atom. The molecule has 0 aromatic carbocycles. The maximum atomic E-state index is 12.5. The topological polar surface area (TPSA) is 63.0 Å². The van der Waals surface area contributed by atoms with Gasteiger partial charge < -0.3 is 4.74 Å².